The van der Waals surface area contributed by atoms with E-state index in [-0.39, 0.29) is 11.9 Å². The Kier molecular flexibility index (Phi) is 7.23. The van der Waals surface area contributed by atoms with Crippen molar-refractivity contribution in [3.8, 4) is 0 Å². The first-order chi connectivity index (χ1) is 13.9. The summed E-state index contributed by atoms with van der Waals surface area (Å²) in [7, 11) is 0. The number of nitrogens with zero attached hydrogens (tertiary/aromatic N) is 3. The van der Waals surface area contributed by atoms with Gasteiger partial charge in [0.05, 0.1) is 25.5 Å². The van der Waals surface area contributed by atoms with Crippen LogP contribution in [0.5, 0.6) is 0 Å². The van der Waals surface area contributed by atoms with E-state index in [4.69, 9.17) is 4.74 Å². The van der Waals surface area contributed by atoms with Crippen molar-refractivity contribution in [2.24, 2.45) is 0 Å². The molecule has 0 radical (unpaired) electrons. The van der Waals surface area contributed by atoms with Gasteiger partial charge in [-0.3, -0.25) is 14.4 Å². The third-order valence-electron chi connectivity index (χ3n) is 5.32. The summed E-state index contributed by atoms with van der Waals surface area (Å²) in [5.74, 6) is -0.0733. The van der Waals surface area contributed by atoms with E-state index in [1.807, 2.05) is 31.5 Å². The summed E-state index contributed by atoms with van der Waals surface area (Å²) in [6, 6.07) is 8.58. The summed E-state index contributed by atoms with van der Waals surface area (Å²) in [6.45, 7) is 13.1. The van der Waals surface area contributed by atoms with Crippen molar-refractivity contribution in [2.75, 3.05) is 32.8 Å². The highest BCUT2D eigenvalue weighted by Gasteiger charge is 2.15. The molecule has 1 fully saturated rings. The monoisotopic (exact) mass is 396 g/mol. The van der Waals surface area contributed by atoms with Crippen molar-refractivity contribution in [3.63, 3.8) is 0 Å². The van der Waals surface area contributed by atoms with Gasteiger partial charge < -0.3 is 10.1 Å². The lowest BCUT2D eigenvalue weighted by atomic mass is 10.1. The first-order valence-electron chi connectivity index (χ1n) is 10.3. The number of benzene rings is 1. The Bertz CT molecular complexity index is 849. The maximum Gasteiger partial charge on any atom is 0.244 e. The van der Waals surface area contributed by atoms with Gasteiger partial charge in [0, 0.05) is 43.0 Å². The van der Waals surface area contributed by atoms with E-state index < -0.39 is 0 Å². The Morgan fingerprint density at radius 3 is 2.59 bits per heavy atom. The number of carbonyl (C=O) groups is 1. The fraction of sp³-hybridized carbons (Fsp3) is 0.478. The normalized spacial score (nSPS) is 16.3. The van der Waals surface area contributed by atoms with Gasteiger partial charge in [0.25, 0.3) is 0 Å². The second kappa shape index (κ2) is 9.85. The van der Waals surface area contributed by atoms with Crippen LogP contribution < -0.4 is 5.32 Å². The lowest BCUT2D eigenvalue weighted by Crippen LogP contribution is -2.45. The highest BCUT2D eigenvalue weighted by molar-refractivity contribution is 5.92. The Labute approximate surface area is 173 Å². The van der Waals surface area contributed by atoms with Gasteiger partial charge in [-0.15, -0.1) is 0 Å². The lowest BCUT2D eigenvalue weighted by molar-refractivity contribution is -0.117. The molecule has 1 aromatic heterocycles. The van der Waals surface area contributed by atoms with Crippen molar-refractivity contribution < 1.29 is 9.53 Å². The molecule has 3 rings (SSSR count). The van der Waals surface area contributed by atoms with Gasteiger partial charge >= 0.3 is 0 Å². The van der Waals surface area contributed by atoms with Crippen molar-refractivity contribution in [1.82, 2.24) is 20.0 Å². The Morgan fingerprint density at radius 2 is 1.90 bits per heavy atom. The number of amides is 1. The van der Waals surface area contributed by atoms with Crippen LogP contribution in [-0.4, -0.2) is 59.5 Å². The SMILES string of the molecule is Cc1ccc(Cn2nc(C)c(/C=C/C(=O)NC(C)CN3CCOCC3)c2C)cc1. The molecule has 1 amide bonds. The van der Waals surface area contributed by atoms with Gasteiger partial charge in [0.2, 0.25) is 5.91 Å². The number of aryl methyl sites for hydroxylation is 2. The molecule has 0 aliphatic carbocycles. The standard InChI is InChI=1S/C23H32N4O2/c1-17-5-7-21(8-6-17)16-27-20(4)22(19(3)25-27)9-10-23(28)24-18(2)15-26-11-13-29-14-12-26/h5-10,18H,11-16H2,1-4H3,(H,24,28)/b10-9+. The van der Waals surface area contributed by atoms with Crippen LogP contribution in [0, 0.1) is 20.8 Å². The summed E-state index contributed by atoms with van der Waals surface area (Å²) >= 11 is 0. The van der Waals surface area contributed by atoms with Crippen molar-refractivity contribution in [2.45, 2.75) is 40.3 Å². The van der Waals surface area contributed by atoms with Crippen molar-refractivity contribution >= 4 is 12.0 Å². The minimum atomic E-state index is -0.0733. The fourth-order valence-corrected chi connectivity index (χ4v) is 3.64. The maximum atomic E-state index is 12.4. The van der Waals surface area contributed by atoms with Gasteiger partial charge in [0.1, 0.15) is 0 Å². The number of morpholine rings is 1. The zero-order chi connectivity index (χ0) is 20.8. The topological polar surface area (TPSA) is 59.4 Å². The molecule has 2 aromatic rings. The molecular weight excluding hydrogens is 364 g/mol. The van der Waals surface area contributed by atoms with Gasteiger partial charge in [0.15, 0.2) is 0 Å². The van der Waals surface area contributed by atoms with E-state index in [9.17, 15) is 4.79 Å². The average molecular weight is 397 g/mol. The first kappa shape index (κ1) is 21.3. The molecule has 1 aliphatic rings. The van der Waals surface area contributed by atoms with E-state index in [1.54, 1.807) is 6.08 Å². The third kappa shape index (κ3) is 6.02. The van der Waals surface area contributed by atoms with E-state index >= 15 is 0 Å². The average Bonchev–Trinajstić information content (AvgIpc) is 2.95. The molecule has 156 valence electrons. The molecule has 0 spiro atoms. The van der Waals surface area contributed by atoms with Crippen LogP contribution >= 0.6 is 0 Å². The molecule has 1 N–H and O–H groups in total. The summed E-state index contributed by atoms with van der Waals surface area (Å²) in [5.41, 5.74) is 5.47. The minimum Gasteiger partial charge on any atom is -0.379 e. The number of carbonyl (C=O) groups excluding carboxylic acids is 1. The summed E-state index contributed by atoms with van der Waals surface area (Å²) in [5, 5.41) is 7.71. The number of aromatic nitrogens is 2. The Hall–Kier alpha value is -2.44. The molecule has 2 heterocycles. The molecule has 1 atom stereocenters. The molecule has 1 aromatic carbocycles. The van der Waals surface area contributed by atoms with E-state index in [0.29, 0.717) is 0 Å². The molecule has 1 unspecified atom stereocenters. The van der Waals surface area contributed by atoms with Crippen molar-refractivity contribution in [1.29, 1.82) is 0 Å². The molecule has 0 bridgehead atoms. The zero-order valence-corrected chi connectivity index (χ0v) is 17.9. The van der Waals surface area contributed by atoms with Crippen LogP contribution in [0.15, 0.2) is 30.3 Å². The second-order valence-electron chi connectivity index (χ2n) is 7.88. The number of nitrogens with one attached hydrogen (secondary N) is 1. The Morgan fingerprint density at radius 1 is 1.21 bits per heavy atom. The second-order valence-corrected chi connectivity index (χ2v) is 7.88. The van der Waals surface area contributed by atoms with Crippen LogP contribution in [-0.2, 0) is 16.1 Å². The maximum absolute atomic E-state index is 12.4. The molecule has 6 nitrogen and oxygen atoms in total. The largest absolute Gasteiger partial charge is 0.379 e. The molecule has 1 saturated heterocycles. The summed E-state index contributed by atoms with van der Waals surface area (Å²) in [6.07, 6.45) is 3.49. The quantitative estimate of drug-likeness (QED) is 0.731. The van der Waals surface area contributed by atoms with E-state index in [2.05, 4.69) is 46.5 Å². The lowest BCUT2D eigenvalue weighted by Gasteiger charge is -2.29. The predicted octanol–water partition coefficient (Wildman–Crippen LogP) is 2.71. The van der Waals surface area contributed by atoms with Crippen LogP contribution in [0.4, 0.5) is 0 Å². The first-order valence-corrected chi connectivity index (χ1v) is 10.3. The smallest absolute Gasteiger partial charge is 0.244 e. The number of rotatable bonds is 7. The molecule has 6 heteroatoms. The predicted molar refractivity (Wildman–Crippen MR) is 116 cm³/mol. The van der Waals surface area contributed by atoms with Gasteiger partial charge in [-0.25, -0.2) is 0 Å². The van der Waals surface area contributed by atoms with Crippen LogP contribution in [0.3, 0.4) is 0 Å². The minimum absolute atomic E-state index is 0.0733. The van der Waals surface area contributed by atoms with Gasteiger partial charge in [-0.05, 0) is 39.3 Å². The Balaban J connectivity index is 1.58. The fourth-order valence-electron chi connectivity index (χ4n) is 3.64. The van der Waals surface area contributed by atoms with Crippen LogP contribution in [0.2, 0.25) is 0 Å². The number of hydrogen-bond donors (Lipinski definition) is 1. The summed E-state index contributed by atoms with van der Waals surface area (Å²) in [4.78, 5) is 14.7. The van der Waals surface area contributed by atoms with E-state index in [0.717, 1.165) is 56.3 Å². The third-order valence-corrected chi connectivity index (χ3v) is 5.32. The molecule has 29 heavy (non-hydrogen) atoms. The van der Waals surface area contributed by atoms with E-state index in [1.165, 1.54) is 11.1 Å². The van der Waals surface area contributed by atoms with Gasteiger partial charge in [-0.1, -0.05) is 29.8 Å². The molecule has 1 aliphatic heterocycles. The summed E-state index contributed by atoms with van der Waals surface area (Å²) < 4.78 is 7.37. The van der Waals surface area contributed by atoms with Crippen LogP contribution in [0.25, 0.3) is 6.08 Å². The van der Waals surface area contributed by atoms with Gasteiger partial charge in [-0.2, -0.15) is 5.10 Å². The molecular formula is C23H32N4O2. The van der Waals surface area contributed by atoms with Crippen LogP contribution in [0.1, 0.15) is 35.0 Å². The number of hydrogen-bond acceptors (Lipinski definition) is 4. The number of ether oxygens (including phenoxy) is 1. The molecule has 0 saturated carbocycles. The van der Waals surface area contributed by atoms with Crippen molar-refractivity contribution in [3.05, 3.63) is 58.4 Å². The highest BCUT2D eigenvalue weighted by atomic mass is 16.5. The highest BCUT2D eigenvalue weighted by Crippen LogP contribution is 2.16. The zero-order valence-electron chi connectivity index (χ0n) is 17.9.